The van der Waals surface area contributed by atoms with Crippen LogP contribution >= 0.6 is 11.3 Å². The van der Waals surface area contributed by atoms with Gasteiger partial charge in [0.2, 0.25) is 0 Å². The highest BCUT2D eigenvalue weighted by Gasteiger charge is 2.17. The number of hydrogen-bond donors (Lipinski definition) is 0. The van der Waals surface area contributed by atoms with E-state index in [2.05, 4.69) is 181 Å². The van der Waals surface area contributed by atoms with Crippen molar-refractivity contribution >= 4 is 92.1 Å². The van der Waals surface area contributed by atoms with Crippen LogP contribution in [0.5, 0.6) is 0 Å². The molecule has 3 heteroatoms. The molecule has 0 unspecified atom stereocenters. The molecule has 53 heavy (non-hydrogen) atoms. The van der Waals surface area contributed by atoms with Crippen molar-refractivity contribution in [3.63, 3.8) is 0 Å². The van der Waals surface area contributed by atoms with Crippen molar-refractivity contribution in [1.29, 1.82) is 0 Å². The van der Waals surface area contributed by atoms with Crippen molar-refractivity contribution in [3.8, 4) is 22.3 Å². The highest BCUT2D eigenvalue weighted by atomic mass is 32.1. The quantitative estimate of drug-likeness (QED) is 0.178. The Labute approximate surface area is 310 Å². The molecule has 2 aromatic heterocycles. The lowest BCUT2D eigenvalue weighted by molar-refractivity contribution is 0.669. The van der Waals surface area contributed by atoms with Crippen molar-refractivity contribution in [2.24, 2.45) is 0 Å². The minimum absolute atomic E-state index is 0.889. The zero-order chi connectivity index (χ0) is 34.9. The van der Waals surface area contributed by atoms with E-state index in [1.54, 1.807) is 0 Å². The summed E-state index contributed by atoms with van der Waals surface area (Å²) in [7, 11) is 0. The van der Waals surface area contributed by atoms with Crippen LogP contribution in [0.25, 0.3) is 85.9 Å². The summed E-state index contributed by atoms with van der Waals surface area (Å²) in [6, 6.07) is 68.0. The number of anilines is 3. The molecule has 0 aliphatic carbocycles. The van der Waals surface area contributed by atoms with E-state index in [-0.39, 0.29) is 0 Å². The van der Waals surface area contributed by atoms with E-state index in [0.717, 1.165) is 39.0 Å². The van der Waals surface area contributed by atoms with Crippen LogP contribution in [0.4, 0.5) is 17.1 Å². The van der Waals surface area contributed by atoms with E-state index in [9.17, 15) is 0 Å². The van der Waals surface area contributed by atoms with E-state index < -0.39 is 0 Å². The van der Waals surface area contributed by atoms with Crippen molar-refractivity contribution in [2.75, 3.05) is 4.90 Å². The topological polar surface area (TPSA) is 16.4 Å². The SMILES string of the molecule is c1ccc2c(-c3ccc(N(c4ccc(-c5cccc6c5ccc5sc7ccccc7c56)cc4)c4ccc5oc6ccccc6c5c4)cc3)cccc2c1. The summed E-state index contributed by atoms with van der Waals surface area (Å²) < 4.78 is 8.89. The molecule has 2 nitrogen and oxygen atoms in total. The molecular formula is C50H31NOS. The van der Waals surface area contributed by atoms with Gasteiger partial charge >= 0.3 is 0 Å². The largest absolute Gasteiger partial charge is 0.456 e. The maximum atomic E-state index is 6.23. The van der Waals surface area contributed by atoms with Gasteiger partial charge in [-0.2, -0.15) is 0 Å². The van der Waals surface area contributed by atoms with Gasteiger partial charge in [-0.3, -0.25) is 0 Å². The van der Waals surface area contributed by atoms with E-state index >= 15 is 0 Å². The summed E-state index contributed by atoms with van der Waals surface area (Å²) in [6.07, 6.45) is 0. The Morgan fingerprint density at radius 2 is 0.943 bits per heavy atom. The smallest absolute Gasteiger partial charge is 0.135 e. The summed E-state index contributed by atoms with van der Waals surface area (Å²) in [5.41, 5.74) is 9.91. The molecule has 0 N–H and O–H groups in total. The van der Waals surface area contributed by atoms with Gasteiger partial charge in [-0.15, -0.1) is 11.3 Å². The summed E-state index contributed by atoms with van der Waals surface area (Å²) in [4.78, 5) is 2.35. The molecule has 0 aliphatic heterocycles. The first-order valence-electron chi connectivity index (χ1n) is 18.0. The Kier molecular flexibility index (Phi) is 6.76. The molecule has 0 saturated heterocycles. The second-order valence-corrected chi connectivity index (χ2v) is 14.8. The highest BCUT2D eigenvalue weighted by molar-refractivity contribution is 7.26. The number of fused-ring (bicyclic) bond motifs is 9. The minimum Gasteiger partial charge on any atom is -0.456 e. The number of hydrogen-bond acceptors (Lipinski definition) is 3. The van der Waals surface area contributed by atoms with Crippen LogP contribution in [0.1, 0.15) is 0 Å². The zero-order valence-corrected chi connectivity index (χ0v) is 29.5. The zero-order valence-electron chi connectivity index (χ0n) is 28.7. The molecule has 0 fully saturated rings. The maximum absolute atomic E-state index is 6.23. The molecule has 9 aromatic carbocycles. The fraction of sp³-hybridized carbons (Fsp3) is 0. The predicted octanol–water partition coefficient (Wildman–Crippen LogP) is 15.1. The molecule has 0 spiro atoms. The van der Waals surface area contributed by atoms with Gasteiger partial charge in [0.05, 0.1) is 0 Å². The average Bonchev–Trinajstić information content (AvgIpc) is 3.80. The molecule has 11 aromatic rings. The fourth-order valence-corrected chi connectivity index (χ4v) is 9.31. The van der Waals surface area contributed by atoms with Crippen LogP contribution in [-0.4, -0.2) is 0 Å². The highest BCUT2D eigenvalue weighted by Crippen LogP contribution is 2.43. The normalized spacial score (nSPS) is 11.8. The third-order valence-electron chi connectivity index (χ3n) is 10.7. The molecule has 0 aliphatic rings. The van der Waals surface area contributed by atoms with Gasteiger partial charge in [-0.05, 0) is 104 Å². The van der Waals surface area contributed by atoms with Crippen LogP contribution in [-0.2, 0) is 0 Å². The van der Waals surface area contributed by atoms with Crippen LogP contribution in [0.3, 0.4) is 0 Å². The summed E-state index contributed by atoms with van der Waals surface area (Å²) in [5, 5.41) is 9.98. The second-order valence-electron chi connectivity index (χ2n) is 13.7. The van der Waals surface area contributed by atoms with E-state index in [0.29, 0.717) is 0 Å². The first-order chi connectivity index (χ1) is 26.3. The Bertz CT molecular complexity index is 3160. The standard InChI is InChI=1S/C50H31NOS/c1-2-11-38-32(9-1)10-7-14-39(38)33-19-23-35(24-20-33)51(37-27-29-47-45(31-37)42-12-3-5-17-46(42)52-47)36-25-21-34(22-26-36)40-15-8-16-43-41(40)28-30-49-50(43)44-13-4-6-18-48(44)53-49/h1-31H. The van der Waals surface area contributed by atoms with Crippen molar-refractivity contribution in [3.05, 3.63) is 188 Å². The van der Waals surface area contributed by atoms with Gasteiger partial charge in [0, 0.05) is 48.0 Å². The summed E-state index contributed by atoms with van der Waals surface area (Å²) in [6.45, 7) is 0. The lowest BCUT2D eigenvalue weighted by Crippen LogP contribution is -2.09. The Balaban J connectivity index is 1.04. The van der Waals surface area contributed by atoms with E-state index in [1.807, 2.05) is 23.5 Å². The van der Waals surface area contributed by atoms with Crippen LogP contribution < -0.4 is 4.90 Å². The Hall–Kier alpha value is -6.68. The molecule has 248 valence electrons. The minimum atomic E-state index is 0.889. The molecule has 0 amide bonds. The lowest BCUT2D eigenvalue weighted by atomic mass is 9.95. The molecular weight excluding hydrogens is 663 g/mol. The second kappa shape index (κ2) is 11.9. The number of nitrogens with zero attached hydrogens (tertiary/aromatic N) is 1. The van der Waals surface area contributed by atoms with Gasteiger partial charge in [0.1, 0.15) is 11.2 Å². The van der Waals surface area contributed by atoms with Gasteiger partial charge in [-0.25, -0.2) is 0 Å². The first kappa shape index (κ1) is 30.0. The molecule has 11 rings (SSSR count). The van der Waals surface area contributed by atoms with Gasteiger partial charge < -0.3 is 9.32 Å². The lowest BCUT2D eigenvalue weighted by Gasteiger charge is -2.26. The van der Waals surface area contributed by atoms with E-state index in [4.69, 9.17) is 4.42 Å². The molecule has 0 saturated carbocycles. The first-order valence-corrected chi connectivity index (χ1v) is 18.8. The summed E-state index contributed by atoms with van der Waals surface area (Å²) in [5.74, 6) is 0. The van der Waals surface area contributed by atoms with Crippen molar-refractivity contribution in [2.45, 2.75) is 0 Å². The average molecular weight is 694 g/mol. The van der Waals surface area contributed by atoms with Crippen molar-refractivity contribution in [1.82, 2.24) is 0 Å². The molecule has 0 atom stereocenters. The Morgan fingerprint density at radius 3 is 1.74 bits per heavy atom. The Morgan fingerprint density at radius 1 is 0.358 bits per heavy atom. The number of rotatable bonds is 5. The molecule has 0 radical (unpaired) electrons. The number of furan rings is 1. The third-order valence-corrected chi connectivity index (χ3v) is 11.8. The number of benzene rings is 9. The van der Waals surface area contributed by atoms with Crippen LogP contribution in [0, 0.1) is 0 Å². The van der Waals surface area contributed by atoms with Crippen LogP contribution in [0.15, 0.2) is 192 Å². The fourth-order valence-electron chi connectivity index (χ4n) is 8.19. The van der Waals surface area contributed by atoms with Crippen molar-refractivity contribution < 1.29 is 4.42 Å². The van der Waals surface area contributed by atoms with Gasteiger partial charge in [0.15, 0.2) is 0 Å². The number of para-hydroxylation sites is 1. The van der Waals surface area contributed by atoms with Gasteiger partial charge in [-0.1, -0.05) is 127 Å². The maximum Gasteiger partial charge on any atom is 0.135 e. The predicted molar refractivity (Wildman–Crippen MR) is 227 cm³/mol. The third kappa shape index (κ3) is 4.86. The van der Waals surface area contributed by atoms with Gasteiger partial charge in [0.25, 0.3) is 0 Å². The molecule has 0 bridgehead atoms. The monoisotopic (exact) mass is 693 g/mol. The van der Waals surface area contributed by atoms with E-state index in [1.165, 1.54) is 64.0 Å². The van der Waals surface area contributed by atoms with Crippen LogP contribution in [0.2, 0.25) is 0 Å². The molecule has 2 heterocycles. The number of thiophene rings is 1. The summed E-state index contributed by atoms with van der Waals surface area (Å²) >= 11 is 1.87.